The Bertz CT molecular complexity index is 681. The Morgan fingerprint density at radius 2 is 1.96 bits per heavy atom. The minimum Gasteiger partial charge on any atom is -0.326 e. The summed E-state index contributed by atoms with van der Waals surface area (Å²) < 4.78 is 0. The zero-order valence-corrected chi connectivity index (χ0v) is 13.9. The highest BCUT2D eigenvalue weighted by Crippen LogP contribution is 2.30. The van der Waals surface area contributed by atoms with Gasteiger partial charge in [-0.3, -0.25) is 9.69 Å². The van der Waals surface area contributed by atoms with E-state index in [1.165, 1.54) is 23.1 Å². The standard InChI is InChI=1S/C20H24N2O/c1-15(23)21-20-10-6-9-17-11-12-18(13-19(17)20)22(2)14-16-7-4-3-5-8-16/h3-10,18H,11-14H2,1-2H3,(H,21,23). The molecule has 0 spiro atoms. The number of nitrogens with zero attached hydrogens (tertiary/aromatic N) is 1. The lowest BCUT2D eigenvalue weighted by molar-refractivity contribution is -0.114. The molecule has 0 aromatic heterocycles. The van der Waals surface area contributed by atoms with E-state index in [4.69, 9.17) is 0 Å². The molecule has 1 N–H and O–H groups in total. The topological polar surface area (TPSA) is 32.3 Å². The van der Waals surface area contributed by atoms with E-state index in [-0.39, 0.29) is 5.91 Å². The summed E-state index contributed by atoms with van der Waals surface area (Å²) in [6.45, 7) is 2.53. The monoisotopic (exact) mass is 308 g/mol. The van der Waals surface area contributed by atoms with Crippen LogP contribution < -0.4 is 5.32 Å². The van der Waals surface area contributed by atoms with Gasteiger partial charge in [-0.05, 0) is 49.1 Å². The van der Waals surface area contributed by atoms with E-state index in [1.807, 2.05) is 12.1 Å². The molecule has 0 aliphatic heterocycles. The smallest absolute Gasteiger partial charge is 0.221 e. The van der Waals surface area contributed by atoms with Crippen LogP contribution in [0.25, 0.3) is 0 Å². The van der Waals surface area contributed by atoms with Crippen molar-refractivity contribution in [3.63, 3.8) is 0 Å². The van der Waals surface area contributed by atoms with Crippen molar-refractivity contribution in [2.24, 2.45) is 0 Å². The number of amides is 1. The first-order valence-corrected chi connectivity index (χ1v) is 8.26. The molecule has 1 amide bonds. The van der Waals surface area contributed by atoms with Crippen molar-refractivity contribution in [2.75, 3.05) is 12.4 Å². The van der Waals surface area contributed by atoms with Crippen molar-refractivity contribution < 1.29 is 4.79 Å². The SMILES string of the molecule is CC(=O)Nc1cccc2c1CC(N(C)Cc1ccccc1)CC2. The third kappa shape index (κ3) is 3.80. The first-order chi connectivity index (χ1) is 11.1. The Labute approximate surface area is 138 Å². The fourth-order valence-corrected chi connectivity index (χ4v) is 3.45. The normalized spacial score (nSPS) is 16.9. The molecule has 120 valence electrons. The number of hydrogen-bond donors (Lipinski definition) is 1. The summed E-state index contributed by atoms with van der Waals surface area (Å²) in [5, 5.41) is 2.98. The third-order valence-electron chi connectivity index (χ3n) is 4.67. The number of carbonyl (C=O) groups excluding carboxylic acids is 1. The summed E-state index contributed by atoms with van der Waals surface area (Å²) in [7, 11) is 2.20. The molecule has 3 heteroatoms. The van der Waals surface area contributed by atoms with Gasteiger partial charge in [-0.25, -0.2) is 0 Å². The van der Waals surface area contributed by atoms with Crippen LogP contribution in [-0.2, 0) is 24.2 Å². The molecule has 1 aliphatic carbocycles. The molecule has 0 radical (unpaired) electrons. The van der Waals surface area contributed by atoms with E-state index in [1.54, 1.807) is 6.92 Å². The van der Waals surface area contributed by atoms with Crippen LogP contribution in [0.5, 0.6) is 0 Å². The molecule has 2 aromatic rings. The van der Waals surface area contributed by atoms with Gasteiger partial charge in [0, 0.05) is 25.2 Å². The van der Waals surface area contributed by atoms with Gasteiger partial charge in [-0.1, -0.05) is 42.5 Å². The van der Waals surface area contributed by atoms with E-state index in [0.29, 0.717) is 6.04 Å². The van der Waals surface area contributed by atoms with Crippen LogP contribution in [0.15, 0.2) is 48.5 Å². The fourth-order valence-electron chi connectivity index (χ4n) is 3.45. The zero-order chi connectivity index (χ0) is 16.2. The highest BCUT2D eigenvalue weighted by Gasteiger charge is 2.24. The van der Waals surface area contributed by atoms with E-state index < -0.39 is 0 Å². The van der Waals surface area contributed by atoms with Gasteiger partial charge in [0.2, 0.25) is 5.91 Å². The number of anilines is 1. The van der Waals surface area contributed by atoms with Gasteiger partial charge in [-0.2, -0.15) is 0 Å². The predicted molar refractivity (Wildman–Crippen MR) is 94.5 cm³/mol. The van der Waals surface area contributed by atoms with Gasteiger partial charge in [0.15, 0.2) is 0 Å². The first-order valence-electron chi connectivity index (χ1n) is 8.26. The molecule has 23 heavy (non-hydrogen) atoms. The molecule has 2 aromatic carbocycles. The molecule has 0 heterocycles. The molecular formula is C20H24N2O. The Kier molecular flexibility index (Phi) is 4.77. The first kappa shape index (κ1) is 15.8. The summed E-state index contributed by atoms with van der Waals surface area (Å²) in [4.78, 5) is 13.9. The second-order valence-corrected chi connectivity index (χ2v) is 6.42. The lowest BCUT2D eigenvalue weighted by atomic mass is 9.86. The summed E-state index contributed by atoms with van der Waals surface area (Å²) in [5.41, 5.74) is 5.00. The van der Waals surface area contributed by atoms with Crippen molar-refractivity contribution >= 4 is 11.6 Å². The van der Waals surface area contributed by atoms with Crippen molar-refractivity contribution in [3.8, 4) is 0 Å². The second-order valence-electron chi connectivity index (χ2n) is 6.42. The summed E-state index contributed by atoms with van der Waals surface area (Å²) in [5.74, 6) is -0.00170. The minimum atomic E-state index is -0.00170. The number of fused-ring (bicyclic) bond motifs is 1. The number of benzene rings is 2. The number of nitrogens with one attached hydrogen (secondary N) is 1. The number of likely N-dealkylation sites (N-methyl/N-ethyl adjacent to an activating group) is 1. The maximum Gasteiger partial charge on any atom is 0.221 e. The van der Waals surface area contributed by atoms with E-state index in [9.17, 15) is 4.79 Å². The number of carbonyl (C=O) groups is 1. The van der Waals surface area contributed by atoms with Crippen molar-refractivity contribution in [2.45, 2.75) is 38.8 Å². The molecule has 0 saturated heterocycles. The zero-order valence-electron chi connectivity index (χ0n) is 13.9. The van der Waals surface area contributed by atoms with Crippen molar-refractivity contribution in [1.29, 1.82) is 0 Å². The predicted octanol–water partition coefficient (Wildman–Crippen LogP) is 3.63. The van der Waals surface area contributed by atoms with Crippen LogP contribution in [0.2, 0.25) is 0 Å². The van der Waals surface area contributed by atoms with E-state index >= 15 is 0 Å². The van der Waals surface area contributed by atoms with Crippen LogP contribution >= 0.6 is 0 Å². The molecule has 1 atom stereocenters. The third-order valence-corrected chi connectivity index (χ3v) is 4.67. The molecule has 1 unspecified atom stereocenters. The van der Waals surface area contributed by atoms with E-state index in [2.05, 4.69) is 53.7 Å². The minimum absolute atomic E-state index is 0.00170. The van der Waals surface area contributed by atoms with Crippen molar-refractivity contribution in [1.82, 2.24) is 4.90 Å². The lowest BCUT2D eigenvalue weighted by Gasteiger charge is -2.33. The quantitative estimate of drug-likeness (QED) is 0.935. The van der Waals surface area contributed by atoms with Gasteiger partial charge in [0.05, 0.1) is 0 Å². The largest absolute Gasteiger partial charge is 0.326 e. The molecular weight excluding hydrogens is 284 g/mol. The van der Waals surface area contributed by atoms with Gasteiger partial charge >= 0.3 is 0 Å². The average molecular weight is 308 g/mol. The summed E-state index contributed by atoms with van der Waals surface area (Å²) in [6, 6.07) is 17.3. The Morgan fingerprint density at radius 3 is 2.70 bits per heavy atom. The van der Waals surface area contributed by atoms with Gasteiger partial charge in [0.1, 0.15) is 0 Å². The lowest BCUT2D eigenvalue weighted by Crippen LogP contribution is -2.36. The van der Waals surface area contributed by atoms with Crippen LogP contribution in [0.3, 0.4) is 0 Å². The Morgan fingerprint density at radius 1 is 1.17 bits per heavy atom. The molecule has 3 nitrogen and oxygen atoms in total. The highest BCUT2D eigenvalue weighted by atomic mass is 16.1. The number of aryl methyl sites for hydroxylation is 1. The summed E-state index contributed by atoms with van der Waals surface area (Å²) >= 11 is 0. The van der Waals surface area contributed by atoms with Crippen molar-refractivity contribution in [3.05, 3.63) is 65.2 Å². The van der Waals surface area contributed by atoms with Crippen LogP contribution in [0.4, 0.5) is 5.69 Å². The fraction of sp³-hybridized carbons (Fsp3) is 0.350. The maximum atomic E-state index is 11.4. The van der Waals surface area contributed by atoms with Gasteiger partial charge in [0.25, 0.3) is 0 Å². The number of hydrogen-bond acceptors (Lipinski definition) is 2. The highest BCUT2D eigenvalue weighted by molar-refractivity contribution is 5.89. The van der Waals surface area contributed by atoms with Crippen LogP contribution in [0, 0.1) is 0 Å². The molecule has 0 bridgehead atoms. The van der Waals surface area contributed by atoms with Gasteiger partial charge in [-0.15, -0.1) is 0 Å². The molecule has 3 rings (SSSR count). The van der Waals surface area contributed by atoms with Crippen LogP contribution in [-0.4, -0.2) is 23.9 Å². The van der Waals surface area contributed by atoms with Crippen LogP contribution in [0.1, 0.15) is 30.0 Å². The number of rotatable bonds is 4. The Hall–Kier alpha value is -2.13. The summed E-state index contributed by atoms with van der Waals surface area (Å²) in [6.07, 6.45) is 3.24. The van der Waals surface area contributed by atoms with Gasteiger partial charge < -0.3 is 5.32 Å². The maximum absolute atomic E-state index is 11.4. The van der Waals surface area contributed by atoms with E-state index in [0.717, 1.165) is 25.1 Å². The molecule has 0 fully saturated rings. The second kappa shape index (κ2) is 6.97. The average Bonchev–Trinajstić information content (AvgIpc) is 2.55. The molecule has 1 aliphatic rings. The Balaban J connectivity index is 1.75. The molecule has 0 saturated carbocycles.